The van der Waals surface area contributed by atoms with Crippen LogP contribution >= 0.6 is 23.1 Å². The largest absolute Gasteiger partial charge is 0.396 e. The molecule has 0 saturated heterocycles. The number of aromatic nitrogens is 2. The maximum atomic E-state index is 13.6. The minimum atomic E-state index is 0.0557. The Hall–Kier alpha value is -1.63. The van der Waals surface area contributed by atoms with Crippen molar-refractivity contribution in [3.05, 3.63) is 50.6 Å². The lowest BCUT2D eigenvalue weighted by molar-refractivity contribution is 0.296. The van der Waals surface area contributed by atoms with Crippen LogP contribution in [0.4, 0.5) is 0 Å². The van der Waals surface area contributed by atoms with Crippen molar-refractivity contribution in [1.29, 1.82) is 0 Å². The molecule has 1 aliphatic carbocycles. The van der Waals surface area contributed by atoms with E-state index in [1.807, 2.05) is 31.2 Å². The number of thioether (sulfide) groups is 1. The fourth-order valence-electron chi connectivity index (χ4n) is 3.71. The summed E-state index contributed by atoms with van der Waals surface area (Å²) in [5, 5.41) is 10.7. The van der Waals surface area contributed by atoms with Crippen LogP contribution in [-0.4, -0.2) is 27.0 Å². The number of hydrogen-bond donors (Lipinski definition) is 1. The highest BCUT2D eigenvalue weighted by Crippen LogP contribution is 2.35. The number of aliphatic hydroxyl groups excluding tert-OH is 1. The molecule has 142 valence electrons. The third-order valence-corrected chi connectivity index (χ3v) is 7.31. The van der Waals surface area contributed by atoms with Crippen molar-refractivity contribution < 1.29 is 5.11 Å². The number of para-hydroxylation sites is 1. The summed E-state index contributed by atoms with van der Waals surface area (Å²) >= 11 is 3.25. The first-order valence-electron chi connectivity index (χ1n) is 9.57. The van der Waals surface area contributed by atoms with Gasteiger partial charge in [0.1, 0.15) is 4.83 Å². The molecule has 0 radical (unpaired) electrons. The molecule has 4 rings (SSSR count). The number of nitrogens with zero attached hydrogens (tertiary/aromatic N) is 2. The van der Waals surface area contributed by atoms with Gasteiger partial charge in [0.2, 0.25) is 0 Å². The summed E-state index contributed by atoms with van der Waals surface area (Å²) in [7, 11) is 0. The molecular formula is C21H24N2O2S2. The van der Waals surface area contributed by atoms with Crippen molar-refractivity contribution in [3.63, 3.8) is 0 Å². The maximum Gasteiger partial charge on any atom is 0.267 e. The van der Waals surface area contributed by atoms with E-state index in [2.05, 4.69) is 0 Å². The molecule has 0 atom stereocenters. The van der Waals surface area contributed by atoms with E-state index in [4.69, 9.17) is 10.1 Å². The Balaban J connectivity index is 1.96. The van der Waals surface area contributed by atoms with Crippen molar-refractivity contribution in [2.45, 2.75) is 50.6 Å². The average Bonchev–Trinajstić information content (AvgIpc) is 2.85. The number of benzene rings is 1. The second kappa shape index (κ2) is 8.17. The van der Waals surface area contributed by atoms with Gasteiger partial charge in [0.05, 0.1) is 11.1 Å². The highest BCUT2D eigenvalue weighted by Gasteiger charge is 2.22. The monoisotopic (exact) mass is 400 g/mol. The van der Waals surface area contributed by atoms with Crippen LogP contribution < -0.4 is 5.56 Å². The zero-order valence-corrected chi connectivity index (χ0v) is 17.2. The van der Waals surface area contributed by atoms with Gasteiger partial charge >= 0.3 is 0 Å². The molecule has 0 spiro atoms. The van der Waals surface area contributed by atoms with Crippen LogP contribution in [0.2, 0.25) is 0 Å². The van der Waals surface area contributed by atoms with Crippen LogP contribution in [0.3, 0.4) is 0 Å². The van der Waals surface area contributed by atoms with Gasteiger partial charge in [-0.1, -0.05) is 36.4 Å². The van der Waals surface area contributed by atoms with Crippen LogP contribution in [0.5, 0.6) is 0 Å². The lowest BCUT2D eigenvalue weighted by atomic mass is 10.1. The summed E-state index contributed by atoms with van der Waals surface area (Å²) in [5.74, 6) is 0.741. The van der Waals surface area contributed by atoms with Crippen molar-refractivity contribution in [2.75, 3.05) is 12.4 Å². The van der Waals surface area contributed by atoms with Gasteiger partial charge in [0.25, 0.3) is 5.56 Å². The van der Waals surface area contributed by atoms with Gasteiger partial charge in [0.15, 0.2) is 5.16 Å². The van der Waals surface area contributed by atoms with Gasteiger partial charge in [-0.15, -0.1) is 11.3 Å². The minimum absolute atomic E-state index is 0.0557. The van der Waals surface area contributed by atoms with Gasteiger partial charge < -0.3 is 5.11 Å². The average molecular weight is 401 g/mol. The Bertz CT molecular complexity index is 1020. The van der Waals surface area contributed by atoms with E-state index >= 15 is 0 Å². The normalized spacial score (nSPS) is 14.3. The SMILES string of the molecule is Cc1ccccc1-n1c(SCCCO)nc2sc3c(c2c1=O)CCCCC3. The molecule has 0 saturated carbocycles. The van der Waals surface area contributed by atoms with Crippen molar-refractivity contribution in [3.8, 4) is 5.69 Å². The van der Waals surface area contributed by atoms with Crippen LogP contribution in [-0.2, 0) is 12.8 Å². The molecule has 0 unspecified atom stereocenters. The second-order valence-electron chi connectivity index (χ2n) is 6.99. The highest BCUT2D eigenvalue weighted by atomic mass is 32.2. The van der Waals surface area contributed by atoms with Gasteiger partial charge in [-0.3, -0.25) is 9.36 Å². The van der Waals surface area contributed by atoms with E-state index in [0.29, 0.717) is 6.42 Å². The number of aliphatic hydroxyl groups is 1. The number of rotatable bonds is 5. The predicted molar refractivity (Wildman–Crippen MR) is 114 cm³/mol. The summed E-state index contributed by atoms with van der Waals surface area (Å²) in [6.45, 7) is 2.18. The summed E-state index contributed by atoms with van der Waals surface area (Å²) in [6, 6.07) is 7.98. The number of aryl methyl sites for hydroxylation is 3. The zero-order chi connectivity index (χ0) is 18.8. The van der Waals surface area contributed by atoms with Crippen LogP contribution in [0, 0.1) is 6.92 Å². The van der Waals surface area contributed by atoms with Gasteiger partial charge in [-0.25, -0.2) is 4.98 Å². The fraction of sp³-hybridized carbons (Fsp3) is 0.429. The molecule has 1 aliphatic rings. The molecule has 2 aromatic heterocycles. The van der Waals surface area contributed by atoms with Crippen molar-refractivity contribution in [1.82, 2.24) is 9.55 Å². The van der Waals surface area contributed by atoms with E-state index in [1.54, 1.807) is 27.7 Å². The van der Waals surface area contributed by atoms with E-state index in [-0.39, 0.29) is 12.2 Å². The Morgan fingerprint density at radius 2 is 2.04 bits per heavy atom. The molecular weight excluding hydrogens is 376 g/mol. The Kier molecular flexibility index (Phi) is 5.66. The molecule has 0 fully saturated rings. The predicted octanol–water partition coefficient (Wildman–Crippen LogP) is 4.50. The third kappa shape index (κ3) is 3.58. The van der Waals surface area contributed by atoms with E-state index in [0.717, 1.165) is 51.6 Å². The second-order valence-corrected chi connectivity index (χ2v) is 9.14. The summed E-state index contributed by atoms with van der Waals surface area (Å²) in [6.07, 6.45) is 6.31. The van der Waals surface area contributed by atoms with Crippen LogP contribution in [0.25, 0.3) is 15.9 Å². The standard InChI is InChI=1S/C21H24N2O2S2/c1-14-8-5-6-10-16(14)23-20(25)18-15-9-3-2-4-11-17(15)27-19(18)22-21(23)26-13-7-12-24/h5-6,8,10,24H,2-4,7,9,11-13H2,1H3. The Labute approximate surface area is 167 Å². The van der Waals surface area contributed by atoms with Gasteiger partial charge in [0, 0.05) is 17.2 Å². The van der Waals surface area contributed by atoms with Crippen LogP contribution in [0.1, 0.15) is 41.7 Å². The lowest BCUT2D eigenvalue weighted by Crippen LogP contribution is -2.22. The summed E-state index contributed by atoms with van der Waals surface area (Å²) < 4.78 is 1.79. The first-order valence-corrected chi connectivity index (χ1v) is 11.4. The van der Waals surface area contributed by atoms with E-state index < -0.39 is 0 Å². The fourth-order valence-corrected chi connectivity index (χ4v) is 5.95. The number of fused-ring (bicyclic) bond motifs is 3. The summed E-state index contributed by atoms with van der Waals surface area (Å²) in [4.78, 5) is 20.8. The zero-order valence-electron chi connectivity index (χ0n) is 15.5. The Morgan fingerprint density at radius 1 is 1.22 bits per heavy atom. The molecule has 3 aromatic rings. The molecule has 4 nitrogen and oxygen atoms in total. The minimum Gasteiger partial charge on any atom is -0.396 e. The molecule has 1 aromatic carbocycles. The van der Waals surface area contributed by atoms with E-state index in [9.17, 15) is 4.79 Å². The molecule has 1 N–H and O–H groups in total. The number of thiophene rings is 1. The summed E-state index contributed by atoms with van der Waals surface area (Å²) in [5.41, 5.74) is 3.25. The molecule has 6 heteroatoms. The van der Waals surface area contributed by atoms with Gasteiger partial charge in [-0.2, -0.15) is 0 Å². The topological polar surface area (TPSA) is 55.1 Å². The molecule has 27 heavy (non-hydrogen) atoms. The van der Waals surface area contributed by atoms with Gasteiger partial charge in [-0.05, 0) is 56.2 Å². The highest BCUT2D eigenvalue weighted by molar-refractivity contribution is 7.99. The molecule has 0 amide bonds. The first-order chi connectivity index (χ1) is 13.2. The van der Waals surface area contributed by atoms with Crippen LogP contribution in [0.15, 0.2) is 34.2 Å². The smallest absolute Gasteiger partial charge is 0.267 e. The van der Waals surface area contributed by atoms with Crippen molar-refractivity contribution >= 4 is 33.3 Å². The first kappa shape index (κ1) is 18.7. The van der Waals surface area contributed by atoms with E-state index in [1.165, 1.54) is 23.3 Å². The lowest BCUT2D eigenvalue weighted by Gasteiger charge is -2.14. The number of hydrogen-bond acceptors (Lipinski definition) is 5. The molecule has 0 aliphatic heterocycles. The Morgan fingerprint density at radius 3 is 2.85 bits per heavy atom. The van der Waals surface area contributed by atoms with Crippen molar-refractivity contribution in [2.24, 2.45) is 0 Å². The maximum absolute atomic E-state index is 13.6. The third-order valence-electron chi connectivity index (χ3n) is 5.10. The quantitative estimate of drug-likeness (QED) is 0.297. The molecule has 0 bridgehead atoms. The molecule has 2 heterocycles.